The highest BCUT2D eigenvalue weighted by Gasteiger charge is 2.05. The smallest absolute Gasteiger partial charge is 0.176 e. The van der Waals surface area contributed by atoms with Crippen molar-refractivity contribution in [2.24, 2.45) is 0 Å². The Kier molecular flexibility index (Phi) is 2.26. The molecule has 0 aliphatic heterocycles. The van der Waals surface area contributed by atoms with Crippen LogP contribution in [0, 0.1) is 0 Å². The van der Waals surface area contributed by atoms with E-state index in [1.807, 2.05) is 6.07 Å². The van der Waals surface area contributed by atoms with Crippen LogP contribution in [0.25, 0.3) is 5.65 Å². The molecule has 0 aromatic carbocycles. The van der Waals surface area contributed by atoms with Crippen LogP contribution >= 0.6 is 11.8 Å². The van der Waals surface area contributed by atoms with Crippen LogP contribution in [0.5, 0.6) is 0 Å². The molecule has 13 heavy (non-hydrogen) atoms. The molecule has 0 spiro atoms. The van der Waals surface area contributed by atoms with E-state index in [1.165, 1.54) is 0 Å². The molecule has 0 radical (unpaired) electrons. The molecule has 2 rings (SSSR count). The van der Waals surface area contributed by atoms with E-state index in [1.54, 1.807) is 16.4 Å². The maximum absolute atomic E-state index is 4.37. The minimum absolute atomic E-state index is 0.910. The number of thioether (sulfide) groups is 1. The molecular weight excluding hydrogens is 184 g/mol. The Bertz CT molecular complexity index is 372. The second-order valence-electron chi connectivity index (χ2n) is 2.71. The number of rotatable bonds is 3. The first-order valence-corrected chi connectivity index (χ1v) is 5.39. The van der Waals surface area contributed by atoms with Crippen molar-refractivity contribution in [3.63, 3.8) is 0 Å². The molecule has 4 nitrogen and oxygen atoms in total. The minimum Gasteiger partial charge on any atom is -0.263 e. The molecule has 0 bridgehead atoms. The van der Waals surface area contributed by atoms with Crippen LogP contribution in [-0.2, 0) is 6.42 Å². The van der Waals surface area contributed by atoms with E-state index >= 15 is 0 Å². The molecule has 0 aliphatic rings. The summed E-state index contributed by atoms with van der Waals surface area (Å²) in [5.41, 5.74) is 0.910. The lowest BCUT2D eigenvalue weighted by Crippen LogP contribution is -1.89. The van der Waals surface area contributed by atoms with Crippen molar-refractivity contribution in [1.82, 2.24) is 19.8 Å². The maximum atomic E-state index is 4.37. The summed E-state index contributed by atoms with van der Waals surface area (Å²) in [5, 5.41) is 8.47. The highest BCUT2D eigenvalue weighted by Crippen LogP contribution is 2.16. The lowest BCUT2D eigenvalue weighted by molar-refractivity contribution is 0.760. The van der Waals surface area contributed by atoms with Gasteiger partial charge in [0.15, 0.2) is 5.65 Å². The van der Waals surface area contributed by atoms with Crippen molar-refractivity contribution in [2.75, 3.05) is 5.75 Å². The van der Waals surface area contributed by atoms with Crippen LogP contribution in [0.4, 0.5) is 0 Å². The summed E-state index contributed by atoms with van der Waals surface area (Å²) in [5.74, 6) is 2.02. The van der Waals surface area contributed by atoms with Gasteiger partial charge in [-0.2, -0.15) is 4.63 Å². The van der Waals surface area contributed by atoms with Crippen LogP contribution in [0.2, 0.25) is 0 Å². The molecule has 5 heteroatoms. The van der Waals surface area contributed by atoms with E-state index in [9.17, 15) is 0 Å². The minimum atomic E-state index is 0.910. The van der Waals surface area contributed by atoms with Crippen molar-refractivity contribution in [2.45, 2.75) is 25.3 Å². The molecule has 2 aromatic heterocycles. The van der Waals surface area contributed by atoms with E-state index in [0.717, 1.165) is 28.7 Å². The van der Waals surface area contributed by atoms with Crippen molar-refractivity contribution in [3.05, 3.63) is 11.9 Å². The number of aromatic nitrogens is 4. The Balaban J connectivity index is 2.36. The molecule has 0 unspecified atom stereocenters. The molecule has 0 aliphatic carbocycles. The van der Waals surface area contributed by atoms with Gasteiger partial charge in [-0.1, -0.05) is 13.8 Å². The zero-order valence-corrected chi connectivity index (χ0v) is 8.56. The number of fused-ring (bicyclic) bond motifs is 1. The van der Waals surface area contributed by atoms with E-state index < -0.39 is 0 Å². The topological polar surface area (TPSA) is 46.0 Å². The van der Waals surface area contributed by atoms with Crippen LogP contribution in [-0.4, -0.2) is 25.6 Å². The Morgan fingerprint density at radius 1 is 1.54 bits per heavy atom. The van der Waals surface area contributed by atoms with Gasteiger partial charge in [-0.15, -0.1) is 16.9 Å². The molecule has 0 fully saturated rings. The summed E-state index contributed by atoms with van der Waals surface area (Å²) in [6.45, 7) is 4.18. The fourth-order valence-corrected chi connectivity index (χ4v) is 1.80. The molecular formula is C8H12N4S. The van der Waals surface area contributed by atoms with Gasteiger partial charge in [0, 0.05) is 12.5 Å². The lowest BCUT2D eigenvalue weighted by Gasteiger charge is -1.88. The van der Waals surface area contributed by atoms with E-state index in [2.05, 4.69) is 29.0 Å². The van der Waals surface area contributed by atoms with Gasteiger partial charge in [0.05, 0.1) is 0 Å². The highest BCUT2D eigenvalue weighted by molar-refractivity contribution is 7.99. The normalized spacial score (nSPS) is 11.2. The summed E-state index contributed by atoms with van der Waals surface area (Å²) in [6.07, 6.45) is 0.916. The summed E-state index contributed by atoms with van der Waals surface area (Å²) in [4.78, 5) is 4.37. The molecule has 0 amide bonds. The van der Waals surface area contributed by atoms with Crippen LogP contribution in [0.15, 0.2) is 11.1 Å². The quantitative estimate of drug-likeness (QED) is 0.760. The summed E-state index contributed by atoms with van der Waals surface area (Å²) in [7, 11) is 0. The Morgan fingerprint density at radius 2 is 2.38 bits per heavy atom. The molecule has 0 atom stereocenters. The van der Waals surface area contributed by atoms with Gasteiger partial charge in [-0.05, 0) is 5.75 Å². The lowest BCUT2D eigenvalue weighted by atomic mass is 10.5. The third-order valence-corrected chi connectivity index (χ3v) is 2.56. The third-order valence-electron chi connectivity index (χ3n) is 1.78. The van der Waals surface area contributed by atoms with Gasteiger partial charge < -0.3 is 0 Å². The Labute approximate surface area is 80.7 Å². The van der Waals surface area contributed by atoms with Crippen molar-refractivity contribution in [3.8, 4) is 0 Å². The number of nitrogens with one attached hydrogen (secondary N) is 1. The van der Waals surface area contributed by atoms with Gasteiger partial charge in [-0.25, -0.2) is 4.98 Å². The number of H-pyrrole nitrogens is 1. The highest BCUT2D eigenvalue weighted by atomic mass is 32.2. The summed E-state index contributed by atoms with van der Waals surface area (Å²) >= 11 is 1.73. The van der Waals surface area contributed by atoms with Crippen LogP contribution in [0.1, 0.15) is 19.7 Å². The van der Waals surface area contributed by atoms with Gasteiger partial charge in [-0.3, -0.25) is 5.10 Å². The number of hydrogen-bond donors (Lipinski definition) is 1. The maximum Gasteiger partial charge on any atom is 0.176 e. The van der Waals surface area contributed by atoms with Gasteiger partial charge in [0.25, 0.3) is 0 Å². The largest absolute Gasteiger partial charge is 0.263 e. The molecule has 2 heterocycles. The van der Waals surface area contributed by atoms with E-state index in [0.29, 0.717) is 0 Å². The van der Waals surface area contributed by atoms with Crippen LogP contribution < -0.4 is 0 Å². The first-order valence-electron chi connectivity index (χ1n) is 4.41. The molecule has 70 valence electrons. The molecule has 0 saturated carbocycles. The van der Waals surface area contributed by atoms with E-state index in [4.69, 9.17) is 0 Å². The SMILES string of the molecule is CCSc1cc2nc(CC)[nH]n2n1. The second kappa shape index (κ2) is 3.41. The standard InChI is InChI=1S/C8H12N4S/c1-3-6-9-7-5-8(13-4-2)11-12(7)10-6/h5H,3-4H2,1-2H3,(H,9,10). The van der Waals surface area contributed by atoms with Gasteiger partial charge >= 0.3 is 0 Å². The monoisotopic (exact) mass is 196 g/mol. The predicted octanol–water partition coefficient (Wildman–Crippen LogP) is 1.73. The number of aromatic amines is 1. The number of aryl methyl sites for hydroxylation is 1. The van der Waals surface area contributed by atoms with Crippen molar-refractivity contribution in [1.29, 1.82) is 0 Å². The zero-order chi connectivity index (χ0) is 9.26. The average Bonchev–Trinajstić information content (AvgIpc) is 2.61. The third kappa shape index (κ3) is 1.56. The second-order valence-corrected chi connectivity index (χ2v) is 3.99. The fourth-order valence-electron chi connectivity index (χ4n) is 1.17. The summed E-state index contributed by atoms with van der Waals surface area (Å²) in [6, 6.07) is 2.00. The van der Waals surface area contributed by atoms with Gasteiger partial charge in [0.1, 0.15) is 10.9 Å². The van der Waals surface area contributed by atoms with Crippen molar-refractivity contribution >= 4 is 17.4 Å². The Morgan fingerprint density at radius 3 is 3.00 bits per heavy atom. The van der Waals surface area contributed by atoms with Crippen molar-refractivity contribution < 1.29 is 0 Å². The fraction of sp³-hybridized carbons (Fsp3) is 0.500. The van der Waals surface area contributed by atoms with E-state index in [-0.39, 0.29) is 0 Å². The number of nitrogens with zero attached hydrogens (tertiary/aromatic N) is 3. The number of hydrogen-bond acceptors (Lipinski definition) is 3. The molecule has 1 N–H and O–H groups in total. The first kappa shape index (κ1) is 8.62. The molecule has 2 aromatic rings. The predicted molar refractivity (Wildman–Crippen MR) is 53.1 cm³/mol. The first-order chi connectivity index (χ1) is 6.33. The summed E-state index contributed by atoms with van der Waals surface area (Å²) < 4.78 is 1.73. The molecule has 0 saturated heterocycles. The zero-order valence-electron chi connectivity index (χ0n) is 7.74. The average molecular weight is 196 g/mol. The van der Waals surface area contributed by atoms with Gasteiger partial charge in [0.2, 0.25) is 0 Å². The van der Waals surface area contributed by atoms with Crippen LogP contribution in [0.3, 0.4) is 0 Å². The Hall–Kier alpha value is -0.970.